The topological polar surface area (TPSA) is 204 Å². The second-order valence-corrected chi connectivity index (χ2v) is 24.0. The maximum atomic E-state index is 13.3. The predicted molar refractivity (Wildman–Crippen MR) is 358 cm³/mol. The zero-order valence-corrected chi connectivity index (χ0v) is 53.5. The number of esters is 2. The number of carbonyl (C=O) groups excluding carboxylic acids is 4. The molecule has 16 nitrogen and oxygen atoms in total. The number of amides is 2. The van der Waals surface area contributed by atoms with Crippen LogP contribution in [0.5, 0.6) is 0 Å². The lowest BCUT2D eigenvalue weighted by Crippen LogP contribution is -2.28. The summed E-state index contributed by atoms with van der Waals surface area (Å²) in [6, 6.07) is 27.4. The number of hydrazone groups is 4. The molecule has 0 aromatic heterocycles. The number of benzene rings is 4. The third kappa shape index (κ3) is 23.2. The van der Waals surface area contributed by atoms with Gasteiger partial charge in [0, 0.05) is 0 Å². The molecule has 3 N–H and O–H groups in total. The molecule has 2 unspecified atom stereocenters. The smallest absolute Gasteiger partial charge is 0.340 e. The SMILES string of the molecule is CCCCCCCCCC(CCCCCCCCOC(=O)c1ccccc1N/N=C1\C(=O)N(c2ccc(C)cc2)N=C1C)C(CCCCCCCCC)CCCCCCCCOC(=O)c1ccccc1N/N=C1\C(=O)N(c2ccc(C(=O)O)cc2)N=C1C. The Morgan fingerprint density at radius 1 is 0.455 bits per heavy atom. The van der Waals surface area contributed by atoms with Gasteiger partial charge in [-0.1, -0.05) is 236 Å². The minimum absolute atomic E-state index is 0.0777. The van der Waals surface area contributed by atoms with E-state index in [0.717, 1.165) is 55.9 Å². The number of nitrogens with one attached hydrogen (secondary N) is 2. The van der Waals surface area contributed by atoms with Gasteiger partial charge >= 0.3 is 29.7 Å². The van der Waals surface area contributed by atoms with Crippen molar-refractivity contribution in [1.29, 1.82) is 0 Å². The second kappa shape index (κ2) is 39.4. The minimum atomic E-state index is -1.06. The largest absolute Gasteiger partial charge is 0.478 e. The monoisotopic (exact) mass is 1200 g/mol. The molecule has 0 radical (unpaired) electrons. The van der Waals surface area contributed by atoms with Crippen LogP contribution in [-0.2, 0) is 19.1 Å². The fourth-order valence-corrected chi connectivity index (χ4v) is 11.7. The number of carbonyl (C=O) groups is 5. The van der Waals surface area contributed by atoms with Crippen molar-refractivity contribution in [2.75, 3.05) is 34.1 Å². The molecule has 0 aliphatic carbocycles. The van der Waals surface area contributed by atoms with E-state index in [1.165, 1.54) is 188 Å². The fraction of sp³-hybridized carbons (Fsp3) is 0.542. The molecule has 16 heteroatoms. The second-order valence-electron chi connectivity index (χ2n) is 24.0. The maximum Gasteiger partial charge on any atom is 0.340 e. The van der Waals surface area contributed by atoms with Crippen molar-refractivity contribution in [2.24, 2.45) is 32.2 Å². The molecule has 2 amide bonds. The van der Waals surface area contributed by atoms with E-state index in [0.29, 0.717) is 58.5 Å². The maximum absolute atomic E-state index is 13.3. The van der Waals surface area contributed by atoms with Gasteiger partial charge in [-0.05, 0) is 106 Å². The number of aryl methyl sites for hydroxylation is 1. The molecule has 2 aliphatic rings. The van der Waals surface area contributed by atoms with E-state index < -0.39 is 23.8 Å². The van der Waals surface area contributed by atoms with Crippen LogP contribution in [-0.4, -0.2) is 70.9 Å². The number of rotatable bonds is 44. The summed E-state index contributed by atoms with van der Waals surface area (Å²) in [5.41, 5.74) is 10.8. The lowest BCUT2D eigenvalue weighted by Gasteiger charge is -2.28. The van der Waals surface area contributed by atoms with Crippen molar-refractivity contribution >= 4 is 75.3 Å². The highest BCUT2D eigenvalue weighted by Crippen LogP contribution is 2.34. The number of para-hydroxylation sites is 2. The Balaban J connectivity index is 0.908. The summed E-state index contributed by atoms with van der Waals surface area (Å²) in [4.78, 5) is 64.4. The molecule has 0 bridgehead atoms. The molecule has 0 fully saturated rings. The summed E-state index contributed by atoms with van der Waals surface area (Å²) < 4.78 is 11.5. The first-order chi connectivity index (χ1) is 42.9. The highest BCUT2D eigenvalue weighted by Gasteiger charge is 2.32. The molecule has 88 heavy (non-hydrogen) atoms. The van der Waals surface area contributed by atoms with Crippen LogP contribution in [0, 0.1) is 18.8 Å². The number of nitrogens with zero attached hydrogens (tertiary/aromatic N) is 6. The minimum Gasteiger partial charge on any atom is -0.478 e. The van der Waals surface area contributed by atoms with Crippen molar-refractivity contribution in [1.82, 2.24) is 0 Å². The van der Waals surface area contributed by atoms with Crippen LogP contribution in [0.3, 0.4) is 0 Å². The molecular weight excluding hydrogens is 1100 g/mol. The molecule has 476 valence electrons. The van der Waals surface area contributed by atoms with Crippen molar-refractivity contribution < 1.29 is 38.6 Å². The summed E-state index contributed by atoms with van der Waals surface area (Å²) in [5.74, 6) is -1.21. The Morgan fingerprint density at radius 2 is 0.784 bits per heavy atom. The van der Waals surface area contributed by atoms with E-state index in [-0.39, 0.29) is 22.9 Å². The first-order valence-corrected chi connectivity index (χ1v) is 33.3. The van der Waals surface area contributed by atoms with Gasteiger partial charge in [0.05, 0.1) is 64.1 Å². The Bertz CT molecular complexity index is 2940. The van der Waals surface area contributed by atoms with Gasteiger partial charge in [-0.15, -0.1) is 0 Å². The zero-order chi connectivity index (χ0) is 62.7. The van der Waals surface area contributed by atoms with E-state index in [4.69, 9.17) is 9.47 Å². The number of hydrogen-bond acceptors (Lipinski definition) is 13. The van der Waals surface area contributed by atoms with Crippen LogP contribution >= 0.6 is 0 Å². The van der Waals surface area contributed by atoms with Gasteiger partial charge in [0.1, 0.15) is 0 Å². The number of unbranched alkanes of at least 4 members (excludes halogenated alkanes) is 22. The molecule has 0 saturated carbocycles. The summed E-state index contributed by atoms with van der Waals surface area (Å²) in [6.07, 6.45) is 37.2. The van der Waals surface area contributed by atoms with Crippen LogP contribution < -0.4 is 20.9 Å². The number of ether oxygens (including phenoxy) is 2. The number of carboxylic acids is 1. The highest BCUT2D eigenvalue weighted by molar-refractivity contribution is 6.72. The van der Waals surface area contributed by atoms with Gasteiger partial charge in [-0.3, -0.25) is 20.4 Å². The van der Waals surface area contributed by atoms with Gasteiger partial charge in [-0.25, -0.2) is 14.4 Å². The van der Waals surface area contributed by atoms with E-state index >= 15 is 0 Å². The number of hydrogen-bond donors (Lipinski definition) is 3. The van der Waals surface area contributed by atoms with Crippen LogP contribution in [0.15, 0.2) is 117 Å². The van der Waals surface area contributed by atoms with Gasteiger partial charge < -0.3 is 14.6 Å². The molecule has 2 heterocycles. The predicted octanol–water partition coefficient (Wildman–Crippen LogP) is 18.1. The van der Waals surface area contributed by atoms with E-state index in [2.05, 4.69) is 45.1 Å². The third-order valence-electron chi connectivity index (χ3n) is 16.9. The molecular formula is C72H100N8O8. The van der Waals surface area contributed by atoms with Crippen LogP contribution in [0.2, 0.25) is 0 Å². The molecule has 2 atom stereocenters. The zero-order valence-electron chi connectivity index (χ0n) is 53.5. The van der Waals surface area contributed by atoms with Gasteiger partial charge in [-0.2, -0.15) is 30.4 Å². The molecule has 0 spiro atoms. The quantitative estimate of drug-likeness (QED) is 0.0217. The average molecular weight is 1210 g/mol. The Kier molecular flexibility index (Phi) is 31.2. The van der Waals surface area contributed by atoms with Crippen molar-refractivity contribution in [3.05, 3.63) is 119 Å². The van der Waals surface area contributed by atoms with Gasteiger partial charge in [0.15, 0.2) is 11.4 Å². The molecule has 6 rings (SSSR count). The molecule has 2 aliphatic heterocycles. The van der Waals surface area contributed by atoms with Crippen molar-refractivity contribution in [2.45, 2.75) is 227 Å². The molecule has 0 saturated heterocycles. The Hall–Kier alpha value is -7.49. The van der Waals surface area contributed by atoms with Crippen molar-refractivity contribution in [3.63, 3.8) is 0 Å². The Morgan fingerprint density at radius 3 is 1.15 bits per heavy atom. The van der Waals surface area contributed by atoms with Crippen LogP contribution in [0.4, 0.5) is 22.7 Å². The van der Waals surface area contributed by atoms with E-state index in [1.54, 1.807) is 56.3 Å². The van der Waals surface area contributed by atoms with E-state index in [9.17, 15) is 29.1 Å². The summed E-state index contributed by atoms with van der Waals surface area (Å²) in [5, 5.41) is 29.2. The molecule has 4 aromatic rings. The summed E-state index contributed by atoms with van der Waals surface area (Å²) >= 11 is 0. The number of carboxylic acid groups (broad SMARTS) is 1. The summed E-state index contributed by atoms with van der Waals surface area (Å²) in [7, 11) is 0. The number of anilines is 4. The molecule has 4 aromatic carbocycles. The number of aromatic carboxylic acids is 1. The highest BCUT2D eigenvalue weighted by atomic mass is 16.5. The first-order valence-electron chi connectivity index (χ1n) is 33.3. The normalized spacial score (nSPS) is 14.8. The third-order valence-corrected chi connectivity index (χ3v) is 16.9. The van der Waals surface area contributed by atoms with Crippen molar-refractivity contribution in [3.8, 4) is 0 Å². The standard InChI is InChI=1S/C72H100N8O8/c1-6-8-10-12-14-20-26-36-57(38-28-22-16-18-24-34-52-87-71(85)62-40-30-32-42-64(62)73-75-66-55(4)77-79(68(66)81)60-48-44-54(3)45-49-60)58(37-27-21-15-13-11-9-7-2)39-29-23-17-19-25-35-53-88-72(86)63-41-31-33-43-65(63)74-76-67-56(5)78-80(69(67)82)61-50-46-59(47-51-61)70(83)84/h30-33,40-51,57-58,73-74H,6-29,34-39,52-53H2,1-5H3,(H,83,84)/b75-66-,76-67-. The summed E-state index contributed by atoms with van der Waals surface area (Å²) in [6.45, 7) is 10.6. The van der Waals surface area contributed by atoms with Gasteiger partial charge in [0.2, 0.25) is 0 Å². The van der Waals surface area contributed by atoms with Gasteiger partial charge in [0.25, 0.3) is 0 Å². The lowest BCUT2D eigenvalue weighted by atomic mass is 9.78. The first kappa shape index (κ1) is 69.6. The van der Waals surface area contributed by atoms with Crippen LogP contribution in [0.25, 0.3) is 0 Å². The lowest BCUT2D eigenvalue weighted by molar-refractivity contribution is -0.112. The van der Waals surface area contributed by atoms with E-state index in [1.807, 2.05) is 37.3 Å². The van der Waals surface area contributed by atoms with Crippen LogP contribution in [0.1, 0.15) is 257 Å². The fourth-order valence-electron chi connectivity index (χ4n) is 11.7. The average Bonchev–Trinajstić information content (AvgIpc) is 2.19. The Labute approximate surface area is 524 Å².